The third-order valence-electron chi connectivity index (χ3n) is 5.00. The van der Waals surface area contributed by atoms with Gasteiger partial charge in [0.25, 0.3) is 5.17 Å². The highest BCUT2D eigenvalue weighted by Gasteiger charge is 2.42. The van der Waals surface area contributed by atoms with E-state index in [1.807, 2.05) is 26.8 Å². The molecule has 2 heterocycles. The molecule has 0 radical (unpaired) electrons. The molecule has 0 aliphatic carbocycles. The highest BCUT2D eigenvalue weighted by atomic mass is 32.1. The zero-order valence-electron chi connectivity index (χ0n) is 18.0. The van der Waals surface area contributed by atoms with Gasteiger partial charge >= 0.3 is 6.09 Å². The fourth-order valence-electron chi connectivity index (χ4n) is 3.59. The third-order valence-corrected chi connectivity index (χ3v) is 5.30. The predicted molar refractivity (Wildman–Crippen MR) is 116 cm³/mol. The molecule has 1 saturated heterocycles. The quantitative estimate of drug-likeness (QED) is 0.647. The molecule has 0 spiro atoms. The van der Waals surface area contributed by atoms with Crippen LogP contribution in [0.25, 0.3) is 0 Å². The number of aryl methyl sites for hydroxylation is 1. The number of amides is 1. The van der Waals surface area contributed by atoms with Crippen molar-refractivity contribution in [3.63, 3.8) is 0 Å². The van der Waals surface area contributed by atoms with Gasteiger partial charge in [-0.3, -0.25) is 4.57 Å². The third kappa shape index (κ3) is 5.16. The first-order valence-corrected chi connectivity index (χ1v) is 10.4. The van der Waals surface area contributed by atoms with Crippen molar-refractivity contribution in [1.82, 2.24) is 14.5 Å². The maximum Gasteiger partial charge on any atom is 0.410 e. The molecule has 0 N–H and O–H groups in total. The van der Waals surface area contributed by atoms with Crippen LogP contribution in [0.2, 0.25) is 0 Å². The van der Waals surface area contributed by atoms with E-state index in [2.05, 4.69) is 11.9 Å². The second-order valence-electron chi connectivity index (χ2n) is 8.82. The molecule has 1 aliphatic rings. The molecular weight excluding hydrogens is 405 g/mol. The number of aromatic nitrogens is 2. The van der Waals surface area contributed by atoms with Crippen molar-refractivity contribution in [3.8, 4) is 0 Å². The number of halogens is 1. The largest absolute Gasteiger partial charge is 0.460 e. The molecule has 1 amide bonds. The fraction of sp³-hybridized carbons (Fsp3) is 0.500. The molecule has 1 aromatic heterocycles. The van der Waals surface area contributed by atoms with E-state index in [1.165, 1.54) is 12.4 Å². The van der Waals surface area contributed by atoms with Crippen molar-refractivity contribution >= 4 is 23.5 Å². The van der Waals surface area contributed by atoms with Gasteiger partial charge in [0.05, 0.1) is 6.04 Å². The van der Waals surface area contributed by atoms with Crippen LogP contribution in [0.5, 0.6) is 0 Å². The first kappa shape index (κ1) is 22.2. The van der Waals surface area contributed by atoms with Gasteiger partial charge in [0.1, 0.15) is 23.8 Å². The number of thiocarbonyl (C=S) groups is 1. The number of benzene rings is 1. The number of ether oxygens (including phenoxy) is 2. The minimum Gasteiger partial charge on any atom is -0.460 e. The van der Waals surface area contributed by atoms with Gasteiger partial charge in [0, 0.05) is 18.9 Å². The van der Waals surface area contributed by atoms with E-state index >= 15 is 0 Å². The molecular formula is C22H28FN3O3S. The number of rotatable bonds is 3. The average Bonchev–Trinajstić information content (AvgIpc) is 3.30. The lowest BCUT2D eigenvalue weighted by Crippen LogP contribution is -2.43. The topological polar surface area (TPSA) is 56.6 Å². The Hall–Kier alpha value is -2.48. The van der Waals surface area contributed by atoms with Crippen LogP contribution in [0.1, 0.15) is 51.3 Å². The number of likely N-dealkylation sites (tertiary alicyclic amines) is 1. The average molecular weight is 434 g/mol. The predicted octanol–water partition coefficient (Wildman–Crippen LogP) is 4.87. The lowest BCUT2D eigenvalue weighted by Gasteiger charge is -2.33. The summed E-state index contributed by atoms with van der Waals surface area (Å²) in [4.78, 5) is 18.6. The van der Waals surface area contributed by atoms with Crippen LogP contribution < -0.4 is 0 Å². The van der Waals surface area contributed by atoms with E-state index in [0.717, 1.165) is 0 Å². The van der Waals surface area contributed by atoms with Crippen molar-refractivity contribution in [1.29, 1.82) is 0 Å². The summed E-state index contributed by atoms with van der Waals surface area (Å²) < 4.78 is 27.7. The first-order valence-electron chi connectivity index (χ1n) is 10.00. The van der Waals surface area contributed by atoms with E-state index in [9.17, 15) is 9.18 Å². The molecule has 3 rings (SSSR count). The maximum absolute atomic E-state index is 14.4. The van der Waals surface area contributed by atoms with Crippen LogP contribution in [-0.4, -0.2) is 43.9 Å². The molecule has 30 heavy (non-hydrogen) atoms. The van der Waals surface area contributed by atoms with E-state index in [4.69, 9.17) is 21.7 Å². The van der Waals surface area contributed by atoms with E-state index in [1.54, 1.807) is 34.9 Å². The van der Waals surface area contributed by atoms with Crippen molar-refractivity contribution in [2.45, 2.75) is 58.8 Å². The van der Waals surface area contributed by atoms with Crippen molar-refractivity contribution in [2.24, 2.45) is 5.92 Å². The zero-order chi connectivity index (χ0) is 22.1. The number of hydrogen-bond acceptors (Lipinski definition) is 5. The van der Waals surface area contributed by atoms with Gasteiger partial charge in [-0.15, -0.1) is 0 Å². The Bertz CT molecular complexity index is 911. The highest BCUT2D eigenvalue weighted by molar-refractivity contribution is 7.80. The van der Waals surface area contributed by atoms with Gasteiger partial charge < -0.3 is 14.4 Å². The van der Waals surface area contributed by atoms with Crippen molar-refractivity contribution in [3.05, 3.63) is 53.9 Å². The summed E-state index contributed by atoms with van der Waals surface area (Å²) in [6, 6.07) is 4.62. The van der Waals surface area contributed by atoms with Crippen LogP contribution in [0, 0.1) is 18.7 Å². The Labute approximate surface area is 182 Å². The second kappa shape index (κ2) is 8.71. The van der Waals surface area contributed by atoms with Crippen LogP contribution in [0.4, 0.5) is 9.18 Å². The Morgan fingerprint density at radius 2 is 2.10 bits per heavy atom. The summed E-state index contributed by atoms with van der Waals surface area (Å²) in [6.45, 7) is 9.80. The number of hydrogen-bond donors (Lipinski definition) is 0. The lowest BCUT2D eigenvalue weighted by atomic mass is 9.96. The minimum absolute atomic E-state index is 0.183. The first-order chi connectivity index (χ1) is 14.0. The summed E-state index contributed by atoms with van der Waals surface area (Å²) in [7, 11) is 0. The van der Waals surface area contributed by atoms with Crippen LogP contribution >= 0.6 is 12.2 Å². The smallest absolute Gasteiger partial charge is 0.410 e. The highest BCUT2D eigenvalue weighted by Crippen LogP contribution is 2.36. The van der Waals surface area contributed by atoms with E-state index < -0.39 is 17.8 Å². The van der Waals surface area contributed by atoms with Gasteiger partial charge in [-0.2, -0.15) is 0 Å². The Morgan fingerprint density at radius 1 is 1.37 bits per heavy atom. The van der Waals surface area contributed by atoms with Crippen LogP contribution in [-0.2, 0) is 9.47 Å². The lowest BCUT2D eigenvalue weighted by molar-refractivity contribution is 0.00691. The number of imidazole rings is 1. The summed E-state index contributed by atoms with van der Waals surface area (Å²) in [5.41, 5.74) is 0.540. The second-order valence-corrected chi connectivity index (χ2v) is 9.17. The summed E-state index contributed by atoms with van der Waals surface area (Å²) >= 11 is 5.44. The number of carbonyl (C=O) groups is 1. The Morgan fingerprint density at radius 3 is 2.70 bits per heavy atom. The standard InChI is InChI=1S/C22H28FN3O3S/c1-14-10-18(26(12-14)20(27)29-22(3,4)5)19(16-7-6-15(2)17(23)11-16)28-21(30)25-9-8-24-13-25/h6-9,11,13-14,18-19H,10,12H2,1-5H3/t14-,18+,19?/m1/s1. The molecule has 162 valence electrons. The molecule has 1 aliphatic heterocycles. The SMILES string of the molecule is Cc1ccc(C(OC(=S)n2ccnc2)[C@@H]2C[C@@H](C)CN2C(=O)OC(C)(C)C)cc1F. The summed E-state index contributed by atoms with van der Waals surface area (Å²) in [5.74, 6) is -0.0877. The van der Waals surface area contributed by atoms with Gasteiger partial charge in [-0.25, -0.2) is 14.2 Å². The van der Waals surface area contributed by atoms with E-state index in [-0.39, 0.29) is 23.0 Å². The van der Waals surface area contributed by atoms with Gasteiger partial charge in [-0.05, 0) is 69.4 Å². The monoisotopic (exact) mass is 433 g/mol. The molecule has 1 aromatic carbocycles. The summed E-state index contributed by atoms with van der Waals surface area (Å²) in [5, 5.41) is 0.183. The molecule has 1 fully saturated rings. The molecule has 1 unspecified atom stereocenters. The maximum atomic E-state index is 14.4. The van der Waals surface area contributed by atoms with E-state index in [0.29, 0.717) is 24.1 Å². The van der Waals surface area contributed by atoms with Gasteiger partial charge in [0.2, 0.25) is 0 Å². The van der Waals surface area contributed by atoms with Gasteiger partial charge in [-0.1, -0.05) is 19.1 Å². The fourth-order valence-corrected chi connectivity index (χ4v) is 3.81. The van der Waals surface area contributed by atoms with Crippen LogP contribution in [0.15, 0.2) is 36.9 Å². The molecule has 3 atom stereocenters. The van der Waals surface area contributed by atoms with Crippen molar-refractivity contribution in [2.75, 3.05) is 6.54 Å². The van der Waals surface area contributed by atoms with Crippen LogP contribution in [0.3, 0.4) is 0 Å². The molecule has 0 saturated carbocycles. The molecule has 8 heteroatoms. The zero-order valence-corrected chi connectivity index (χ0v) is 18.8. The molecule has 6 nitrogen and oxygen atoms in total. The molecule has 2 aromatic rings. The molecule has 0 bridgehead atoms. The van der Waals surface area contributed by atoms with Crippen molar-refractivity contribution < 1.29 is 18.7 Å². The normalized spacial score (nSPS) is 20.1. The summed E-state index contributed by atoms with van der Waals surface area (Å²) in [6.07, 6.45) is 4.45. The number of nitrogens with zero attached hydrogens (tertiary/aromatic N) is 3. The Balaban J connectivity index is 1.95. The number of carbonyl (C=O) groups excluding carboxylic acids is 1. The Kier molecular flexibility index (Phi) is 6.45. The minimum atomic E-state index is -0.646. The van der Waals surface area contributed by atoms with Gasteiger partial charge in [0.15, 0.2) is 0 Å².